The molecule has 1 fully saturated rings. The van der Waals surface area contributed by atoms with Crippen molar-refractivity contribution in [1.29, 1.82) is 0 Å². The Morgan fingerprint density at radius 1 is 1.02 bits per heavy atom. The smallest absolute Gasteiger partial charge is 0.224 e. The molecule has 2 aliphatic rings. The minimum Gasteiger partial charge on any atom is -0.394 e. The first-order valence-electron chi connectivity index (χ1n) is 16.8. The van der Waals surface area contributed by atoms with Gasteiger partial charge >= 0.3 is 0 Å². The number of anilines is 2. The predicted octanol–water partition coefficient (Wildman–Crippen LogP) is 1.36. The van der Waals surface area contributed by atoms with Crippen molar-refractivity contribution in [1.82, 2.24) is 5.32 Å². The summed E-state index contributed by atoms with van der Waals surface area (Å²) < 4.78 is 27.8. The van der Waals surface area contributed by atoms with Crippen LogP contribution in [0.2, 0.25) is 0 Å². The van der Waals surface area contributed by atoms with Crippen LogP contribution in [0.1, 0.15) is 69.4 Å². The number of aliphatic hydroxyl groups is 6. The molecule has 12 nitrogen and oxygen atoms in total. The summed E-state index contributed by atoms with van der Waals surface area (Å²) in [7, 11) is 0.0750. The van der Waals surface area contributed by atoms with Gasteiger partial charge in [-0.15, -0.1) is 0 Å². The Labute approximate surface area is 283 Å². The molecule has 1 aliphatic heterocycles. The summed E-state index contributed by atoms with van der Waals surface area (Å²) in [4.78, 5) is 15.1. The van der Waals surface area contributed by atoms with Gasteiger partial charge in [-0.2, -0.15) is 0 Å². The number of carbonyl (C=O) groups is 1. The molecule has 8 atom stereocenters. The van der Waals surface area contributed by atoms with E-state index in [0.717, 1.165) is 24.1 Å². The lowest BCUT2D eigenvalue weighted by molar-refractivity contribution is -0.116. The number of benzene rings is 2. The molecule has 13 heteroatoms. The molecular formula is C35H53N3O9S. The first-order valence-corrected chi connectivity index (χ1v) is 18.5. The number of fused-ring (bicyclic) bond motifs is 2. The minimum atomic E-state index is -3.70. The highest BCUT2D eigenvalue weighted by Gasteiger charge is 2.78. The maximum Gasteiger partial charge on any atom is 0.224 e. The van der Waals surface area contributed by atoms with Gasteiger partial charge in [-0.3, -0.25) is 4.79 Å². The Kier molecular flexibility index (Phi) is 12.3. The molecule has 2 aromatic carbocycles. The number of amides is 1. The molecule has 48 heavy (non-hydrogen) atoms. The van der Waals surface area contributed by atoms with Crippen molar-refractivity contribution in [2.24, 2.45) is 11.3 Å². The summed E-state index contributed by atoms with van der Waals surface area (Å²) in [5.74, 6) is -1.19. The number of nitrogens with one attached hydrogen (secondary N) is 2. The molecule has 0 bridgehead atoms. The Bertz CT molecular complexity index is 1520. The van der Waals surface area contributed by atoms with Crippen LogP contribution in [0.5, 0.6) is 0 Å². The molecule has 2 aromatic rings. The third kappa shape index (κ3) is 7.58. The first-order chi connectivity index (χ1) is 22.6. The van der Waals surface area contributed by atoms with Crippen molar-refractivity contribution in [2.45, 2.75) is 93.2 Å². The fourth-order valence-electron chi connectivity index (χ4n) is 7.48. The predicted molar refractivity (Wildman–Crippen MR) is 184 cm³/mol. The lowest BCUT2D eigenvalue weighted by Gasteiger charge is -2.29. The van der Waals surface area contributed by atoms with E-state index in [0.29, 0.717) is 37.1 Å². The van der Waals surface area contributed by atoms with Crippen molar-refractivity contribution < 1.29 is 43.9 Å². The summed E-state index contributed by atoms with van der Waals surface area (Å²) >= 11 is 0. The van der Waals surface area contributed by atoms with E-state index >= 15 is 0 Å². The van der Waals surface area contributed by atoms with Crippen LogP contribution >= 0.6 is 0 Å². The van der Waals surface area contributed by atoms with Gasteiger partial charge in [0.15, 0.2) is 9.84 Å². The van der Waals surface area contributed by atoms with Gasteiger partial charge in [0.05, 0.1) is 29.0 Å². The maximum atomic E-state index is 13.9. The molecule has 1 aliphatic carbocycles. The highest BCUT2D eigenvalue weighted by Crippen LogP contribution is 2.73. The molecule has 1 saturated carbocycles. The Morgan fingerprint density at radius 3 is 2.40 bits per heavy atom. The molecule has 8 N–H and O–H groups in total. The van der Waals surface area contributed by atoms with Crippen LogP contribution in [-0.4, -0.2) is 115 Å². The zero-order chi connectivity index (χ0) is 35.4. The number of aliphatic hydroxyl groups excluding tert-OH is 5. The minimum absolute atomic E-state index is 0.0539. The topological polar surface area (TPSA) is 200 Å². The molecule has 0 aromatic heterocycles. The van der Waals surface area contributed by atoms with E-state index < -0.39 is 57.8 Å². The zero-order valence-corrected chi connectivity index (χ0v) is 29.2. The van der Waals surface area contributed by atoms with Crippen LogP contribution in [0.3, 0.4) is 0 Å². The number of unbranched alkanes of at least 4 members (excludes halogenated alkanes) is 2. The highest BCUT2D eigenvalue weighted by atomic mass is 32.2. The van der Waals surface area contributed by atoms with E-state index in [9.17, 15) is 38.7 Å². The van der Waals surface area contributed by atoms with Gasteiger partial charge in [0, 0.05) is 49.8 Å². The monoisotopic (exact) mass is 691 g/mol. The molecule has 268 valence electrons. The van der Waals surface area contributed by atoms with Gasteiger partial charge in [-0.1, -0.05) is 38.8 Å². The molecule has 1 amide bonds. The second kappa shape index (κ2) is 15.5. The highest BCUT2D eigenvalue weighted by molar-refractivity contribution is 7.91. The van der Waals surface area contributed by atoms with Crippen LogP contribution in [0.15, 0.2) is 47.4 Å². The quantitative estimate of drug-likeness (QED) is 0.111. The van der Waals surface area contributed by atoms with Gasteiger partial charge in [0.2, 0.25) is 5.91 Å². The van der Waals surface area contributed by atoms with E-state index in [1.54, 1.807) is 18.2 Å². The van der Waals surface area contributed by atoms with Crippen LogP contribution in [0.25, 0.3) is 0 Å². The van der Waals surface area contributed by atoms with Gasteiger partial charge in [-0.05, 0) is 73.2 Å². The summed E-state index contributed by atoms with van der Waals surface area (Å²) in [5.41, 5.74) is 0.600. The second-order valence-electron chi connectivity index (χ2n) is 13.7. The normalized spacial score (nSPS) is 26.7. The Hall–Kier alpha value is -2.62. The Morgan fingerprint density at radius 2 is 1.73 bits per heavy atom. The Balaban J connectivity index is 1.46. The summed E-state index contributed by atoms with van der Waals surface area (Å²) in [6, 6.07) is 12.6. The van der Waals surface area contributed by atoms with Crippen LogP contribution in [-0.2, 0) is 14.6 Å². The van der Waals surface area contributed by atoms with Crippen molar-refractivity contribution >= 4 is 27.1 Å². The summed E-state index contributed by atoms with van der Waals surface area (Å²) in [5, 5.41) is 66.4. The van der Waals surface area contributed by atoms with Crippen molar-refractivity contribution in [2.75, 3.05) is 49.8 Å². The standard InChI is InChI=1S/C35H53N3O9S/c1-5-6-15-34-21-48(46,47)29-14-13-25(38(3)4)18-26(29)31(35(34,45)22(34)2)23-10-9-11-24(17-23)37-30(42)12-7-8-16-36-19-27(40)32(43)33(44)28(41)20-39/h9-11,13-14,17-18,22,27-28,31-33,36,39-41,43-45H,5-8,12,15-16,19-21H2,1-4H3,(H,37,42)/t22?,27-,28+,31+,32+,33+,34+,35+/m0/s1. The van der Waals surface area contributed by atoms with Gasteiger partial charge in [0.25, 0.3) is 0 Å². The van der Waals surface area contributed by atoms with Crippen LogP contribution in [0.4, 0.5) is 11.4 Å². The van der Waals surface area contributed by atoms with Crippen molar-refractivity contribution in [3.8, 4) is 0 Å². The maximum absolute atomic E-state index is 13.9. The van der Waals surface area contributed by atoms with Crippen LogP contribution in [0, 0.1) is 11.3 Å². The molecule has 0 radical (unpaired) electrons. The lowest BCUT2D eigenvalue weighted by atomic mass is 9.79. The fraction of sp³-hybridized carbons (Fsp3) is 0.629. The van der Waals surface area contributed by atoms with Gasteiger partial charge < -0.3 is 46.2 Å². The second-order valence-corrected chi connectivity index (χ2v) is 15.7. The SMILES string of the molecule is CCCC[C@]12CS(=O)(=O)c3ccc(N(C)C)cc3[C@@H](c3cccc(NC(=O)CCCCNC[C@H](O)[C@@H](O)[C@H](O)[C@H](O)CO)c3)[C@]1(O)C2C. The van der Waals surface area contributed by atoms with E-state index in [4.69, 9.17) is 5.11 Å². The molecule has 0 spiro atoms. The number of carbonyl (C=O) groups excluding carboxylic acids is 1. The van der Waals surface area contributed by atoms with Crippen LogP contribution < -0.4 is 15.5 Å². The molecular weight excluding hydrogens is 638 g/mol. The number of hydrogen-bond acceptors (Lipinski definition) is 11. The molecule has 1 heterocycles. The van der Waals surface area contributed by atoms with Gasteiger partial charge in [0.1, 0.15) is 18.3 Å². The third-order valence-electron chi connectivity index (χ3n) is 10.4. The lowest BCUT2D eigenvalue weighted by Crippen LogP contribution is -2.49. The largest absolute Gasteiger partial charge is 0.394 e. The van der Waals surface area contributed by atoms with Gasteiger partial charge in [-0.25, -0.2) is 8.42 Å². The molecule has 0 saturated heterocycles. The van der Waals surface area contributed by atoms with Crippen molar-refractivity contribution in [3.05, 3.63) is 53.6 Å². The fourth-order valence-corrected chi connectivity index (χ4v) is 9.75. The number of hydrogen-bond donors (Lipinski definition) is 8. The number of nitrogens with zero attached hydrogens (tertiary/aromatic N) is 1. The number of sulfone groups is 1. The summed E-state index contributed by atoms with van der Waals surface area (Å²) in [6.45, 7) is 3.64. The van der Waals surface area contributed by atoms with E-state index in [1.807, 2.05) is 50.2 Å². The summed E-state index contributed by atoms with van der Waals surface area (Å²) in [6.07, 6.45) is -2.62. The zero-order valence-electron chi connectivity index (χ0n) is 28.3. The van der Waals surface area contributed by atoms with E-state index in [1.165, 1.54) is 0 Å². The van der Waals surface area contributed by atoms with E-state index in [-0.39, 0.29) is 35.4 Å². The first kappa shape index (κ1) is 38.2. The average Bonchev–Trinajstić information content (AvgIpc) is 3.52. The molecule has 1 unspecified atom stereocenters. The van der Waals surface area contributed by atoms with E-state index in [2.05, 4.69) is 17.6 Å². The third-order valence-corrected chi connectivity index (χ3v) is 12.4. The van der Waals surface area contributed by atoms with Crippen molar-refractivity contribution in [3.63, 3.8) is 0 Å². The number of rotatable bonds is 17. The molecule has 4 rings (SSSR count). The average molecular weight is 692 g/mol.